The quantitative estimate of drug-likeness (QED) is 0.427. The first kappa shape index (κ1) is 19.6. The number of benzene rings is 2. The molecule has 0 radical (unpaired) electrons. The van der Waals surface area contributed by atoms with Crippen molar-refractivity contribution < 1.29 is 9.18 Å². The van der Waals surface area contributed by atoms with Gasteiger partial charge in [0.1, 0.15) is 11.6 Å². The van der Waals surface area contributed by atoms with Gasteiger partial charge in [-0.1, -0.05) is 6.07 Å². The van der Waals surface area contributed by atoms with Gasteiger partial charge in [0, 0.05) is 29.8 Å². The summed E-state index contributed by atoms with van der Waals surface area (Å²) in [5.74, 6) is 2.47. The van der Waals surface area contributed by atoms with E-state index in [2.05, 4.69) is 27.3 Å². The van der Waals surface area contributed by atoms with Crippen LogP contribution in [0.15, 0.2) is 54.9 Å². The summed E-state index contributed by atoms with van der Waals surface area (Å²) in [6, 6.07) is 13.0. The molecule has 0 amide bonds. The number of ketones is 1. The Morgan fingerprint density at radius 2 is 1.88 bits per heavy atom. The van der Waals surface area contributed by atoms with E-state index in [-0.39, 0.29) is 5.82 Å². The summed E-state index contributed by atoms with van der Waals surface area (Å²) in [6.07, 6.45) is 9.42. The number of Topliss-reactive ketones (excluding diaryl/α,β-unsaturated/α-hetero) is 1. The van der Waals surface area contributed by atoms with Crippen LogP contribution in [0.1, 0.15) is 49.1 Å². The van der Waals surface area contributed by atoms with E-state index < -0.39 is 0 Å². The van der Waals surface area contributed by atoms with Crippen LogP contribution in [0.25, 0.3) is 21.8 Å². The van der Waals surface area contributed by atoms with Crippen LogP contribution in [-0.2, 0) is 11.2 Å². The van der Waals surface area contributed by atoms with Gasteiger partial charge in [-0.2, -0.15) is 5.10 Å². The number of fused-ring (bicyclic) bond motifs is 3. The molecule has 0 saturated heterocycles. The lowest BCUT2D eigenvalue weighted by molar-refractivity contribution is -0.119. The Morgan fingerprint density at radius 3 is 2.72 bits per heavy atom. The van der Waals surface area contributed by atoms with Crippen LogP contribution < -0.4 is 0 Å². The second kappa shape index (κ2) is 7.80. The number of rotatable bonds is 5. The fourth-order valence-electron chi connectivity index (χ4n) is 6.38. The summed E-state index contributed by atoms with van der Waals surface area (Å²) in [7, 11) is 0. The Morgan fingerprint density at radius 1 is 1.03 bits per heavy atom. The molecule has 32 heavy (non-hydrogen) atoms. The lowest BCUT2D eigenvalue weighted by Gasteiger charge is -2.16. The molecule has 6 rings (SSSR count). The largest absolute Gasteiger partial charge is 0.299 e. The molecule has 0 spiro atoms. The van der Waals surface area contributed by atoms with Gasteiger partial charge in [-0.3, -0.25) is 14.9 Å². The van der Waals surface area contributed by atoms with Crippen molar-refractivity contribution in [3.63, 3.8) is 0 Å². The zero-order valence-corrected chi connectivity index (χ0v) is 17.9. The highest BCUT2D eigenvalue weighted by Crippen LogP contribution is 2.53. The minimum absolute atomic E-state index is 0.199. The number of hydrogen-bond acceptors (Lipinski definition) is 3. The number of H-pyrrole nitrogens is 1. The lowest BCUT2D eigenvalue weighted by atomic mass is 9.88. The molecule has 2 aromatic carbocycles. The summed E-state index contributed by atoms with van der Waals surface area (Å²) >= 11 is 0. The number of nitrogens with one attached hydrogen (secondary N) is 1. The van der Waals surface area contributed by atoms with Crippen LogP contribution >= 0.6 is 0 Å². The van der Waals surface area contributed by atoms with Gasteiger partial charge < -0.3 is 0 Å². The predicted octanol–water partition coefficient (Wildman–Crippen LogP) is 5.97. The van der Waals surface area contributed by atoms with Crippen LogP contribution in [0.4, 0.5) is 4.39 Å². The summed E-state index contributed by atoms with van der Waals surface area (Å²) in [6.45, 7) is 0. The second-order valence-corrected chi connectivity index (χ2v) is 9.80. The molecule has 5 heteroatoms. The second-order valence-electron chi connectivity index (χ2n) is 9.80. The zero-order chi connectivity index (χ0) is 21.7. The monoisotopic (exact) mass is 427 g/mol. The van der Waals surface area contributed by atoms with Gasteiger partial charge in [0.15, 0.2) is 0 Å². The van der Waals surface area contributed by atoms with Crippen molar-refractivity contribution in [2.45, 2.75) is 44.4 Å². The normalized spacial score (nSPS) is 24.9. The SMILES string of the molecule is O=C(Cc1ccc2[nH]ncc2c1)CC1C[C@@H]2CC(c3ccnc4ccc(F)cc34)C[C@@H]2C1. The molecule has 2 fully saturated rings. The number of carbonyl (C=O) groups is 1. The molecule has 4 nitrogen and oxygen atoms in total. The molecule has 0 bridgehead atoms. The van der Waals surface area contributed by atoms with Gasteiger partial charge in [-0.25, -0.2) is 4.39 Å². The predicted molar refractivity (Wildman–Crippen MR) is 123 cm³/mol. The van der Waals surface area contributed by atoms with Crippen molar-refractivity contribution in [2.75, 3.05) is 0 Å². The number of halogens is 1. The van der Waals surface area contributed by atoms with Crippen LogP contribution in [0.3, 0.4) is 0 Å². The fourth-order valence-corrected chi connectivity index (χ4v) is 6.38. The fraction of sp³-hybridized carbons (Fsp3) is 0.370. The smallest absolute Gasteiger partial charge is 0.137 e. The number of hydrogen-bond donors (Lipinski definition) is 1. The van der Waals surface area contributed by atoms with Crippen molar-refractivity contribution >= 4 is 27.6 Å². The summed E-state index contributed by atoms with van der Waals surface area (Å²) in [5.41, 5.74) is 4.19. The van der Waals surface area contributed by atoms with Gasteiger partial charge in [0.25, 0.3) is 0 Å². The number of aromatic nitrogens is 3. The van der Waals surface area contributed by atoms with Crippen LogP contribution in [0.2, 0.25) is 0 Å². The van der Waals surface area contributed by atoms with Gasteiger partial charge >= 0.3 is 0 Å². The van der Waals surface area contributed by atoms with Crippen LogP contribution in [0.5, 0.6) is 0 Å². The third-order valence-corrected chi connectivity index (χ3v) is 7.71. The Balaban J connectivity index is 1.09. The van der Waals surface area contributed by atoms with E-state index in [1.165, 1.54) is 11.6 Å². The van der Waals surface area contributed by atoms with E-state index in [1.54, 1.807) is 18.3 Å². The average molecular weight is 428 g/mol. The molecule has 4 atom stereocenters. The molecule has 2 heterocycles. The highest BCUT2D eigenvalue weighted by molar-refractivity contribution is 5.84. The van der Waals surface area contributed by atoms with Crippen molar-refractivity contribution in [2.24, 2.45) is 17.8 Å². The Bertz CT molecular complexity index is 1300. The Labute approximate surface area is 186 Å². The highest BCUT2D eigenvalue weighted by Gasteiger charge is 2.42. The topological polar surface area (TPSA) is 58.6 Å². The molecule has 4 aromatic rings. The summed E-state index contributed by atoms with van der Waals surface area (Å²) in [4.78, 5) is 17.2. The van der Waals surface area contributed by atoms with E-state index in [0.717, 1.165) is 53.1 Å². The van der Waals surface area contributed by atoms with E-state index >= 15 is 0 Å². The maximum absolute atomic E-state index is 13.9. The molecule has 162 valence electrons. The third kappa shape index (κ3) is 3.60. The first-order valence-corrected chi connectivity index (χ1v) is 11.6. The molecule has 2 saturated carbocycles. The van der Waals surface area contributed by atoms with E-state index in [0.29, 0.717) is 42.3 Å². The van der Waals surface area contributed by atoms with Crippen molar-refractivity contribution in [3.8, 4) is 0 Å². The Kier molecular flexibility index (Phi) is 4.78. The number of aromatic amines is 1. The van der Waals surface area contributed by atoms with Crippen molar-refractivity contribution in [3.05, 3.63) is 71.8 Å². The molecule has 2 unspecified atom stereocenters. The van der Waals surface area contributed by atoms with Crippen LogP contribution in [0, 0.1) is 23.6 Å². The van der Waals surface area contributed by atoms with Gasteiger partial charge in [0.2, 0.25) is 0 Å². The summed E-state index contributed by atoms with van der Waals surface area (Å²) < 4.78 is 13.9. The summed E-state index contributed by atoms with van der Waals surface area (Å²) in [5, 5.41) is 9.02. The van der Waals surface area contributed by atoms with E-state index in [9.17, 15) is 9.18 Å². The zero-order valence-electron chi connectivity index (χ0n) is 17.9. The molecule has 2 aromatic heterocycles. The van der Waals surface area contributed by atoms with Crippen molar-refractivity contribution in [1.82, 2.24) is 15.2 Å². The third-order valence-electron chi connectivity index (χ3n) is 7.71. The number of carbonyl (C=O) groups excluding carboxylic acids is 1. The maximum atomic E-state index is 13.9. The van der Waals surface area contributed by atoms with Gasteiger partial charge in [-0.15, -0.1) is 0 Å². The molecular weight excluding hydrogens is 401 g/mol. The van der Waals surface area contributed by atoms with Gasteiger partial charge in [0.05, 0.1) is 17.2 Å². The molecule has 2 aliphatic carbocycles. The van der Waals surface area contributed by atoms with E-state index in [4.69, 9.17) is 0 Å². The van der Waals surface area contributed by atoms with E-state index in [1.807, 2.05) is 18.3 Å². The standard InChI is InChI=1S/C27H26FN3O/c28-22-2-4-27-25(14-22)24(5-6-29-27)20-12-18-8-17(9-19(18)13-20)11-23(32)10-16-1-3-26-21(7-16)15-30-31-26/h1-7,14-15,17-20H,8-13H2,(H,30,31)/t17?,18-,19+,20?. The Hall–Kier alpha value is -3.08. The maximum Gasteiger partial charge on any atom is 0.137 e. The molecule has 1 N–H and O–H groups in total. The average Bonchev–Trinajstić information content (AvgIpc) is 3.47. The minimum Gasteiger partial charge on any atom is -0.299 e. The minimum atomic E-state index is -0.199. The van der Waals surface area contributed by atoms with Crippen molar-refractivity contribution in [1.29, 1.82) is 0 Å². The lowest BCUT2D eigenvalue weighted by Crippen LogP contribution is -2.10. The molecule has 0 aliphatic heterocycles. The molecule has 2 aliphatic rings. The number of nitrogens with zero attached hydrogens (tertiary/aromatic N) is 2. The number of pyridine rings is 1. The first-order chi connectivity index (χ1) is 15.6. The first-order valence-electron chi connectivity index (χ1n) is 11.6. The molecular formula is C27H26FN3O. The van der Waals surface area contributed by atoms with Crippen LogP contribution in [-0.4, -0.2) is 21.0 Å². The van der Waals surface area contributed by atoms with Gasteiger partial charge in [-0.05, 0) is 96.9 Å². The highest BCUT2D eigenvalue weighted by atomic mass is 19.1.